The molecule has 0 spiro atoms. The Bertz CT molecular complexity index is 1360. The van der Waals surface area contributed by atoms with Crippen molar-refractivity contribution in [1.82, 2.24) is 4.98 Å². The van der Waals surface area contributed by atoms with Crippen molar-refractivity contribution in [3.8, 4) is 28.3 Å². The Kier molecular flexibility index (Phi) is 4.65. The lowest BCUT2D eigenvalue weighted by atomic mass is 9.80. The summed E-state index contributed by atoms with van der Waals surface area (Å²) in [6, 6.07) is 26.1. The number of pyridine rings is 1. The molecular weight excluding hydrogens is 390 g/mol. The number of para-hydroxylation sites is 1. The van der Waals surface area contributed by atoms with Crippen LogP contribution in [0.4, 0.5) is 5.69 Å². The molecule has 0 N–H and O–H groups in total. The van der Waals surface area contributed by atoms with Crippen LogP contribution in [0.2, 0.25) is 0 Å². The van der Waals surface area contributed by atoms with Gasteiger partial charge >= 0.3 is 0 Å². The van der Waals surface area contributed by atoms with Gasteiger partial charge in [0.05, 0.1) is 16.8 Å². The monoisotopic (exact) mass is 415 g/mol. The minimum atomic E-state index is 0.819. The maximum atomic E-state index is 10.4. The van der Waals surface area contributed by atoms with Gasteiger partial charge in [-0.1, -0.05) is 48.5 Å². The molecule has 6 rings (SSSR count). The van der Waals surface area contributed by atoms with Gasteiger partial charge in [0.2, 0.25) is 0 Å². The molecule has 2 aliphatic rings. The van der Waals surface area contributed by atoms with E-state index in [0.717, 1.165) is 64.9 Å². The van der Waals surface area contributed by atoms with Crippen molar-refractivity contribution in [2.24, 2.45) is 0 Å². The molecule has 1 fully saturated rings. The highest BCUT2D eigenvalue weighted by molar-refractivity contribution is 5.94. The zero-order valence-corrected chi connectivity index (χ0v) is 18.1. The summed E-state index contributed by atoms with van der Waals surface area (Å²) in [6.07, 6.45) is 5.46. The van der Waals surface area contributed by atoms with Crippen LogP contribution in [0.25, 0.3) is 33.2 Å². The fourth-order valence-corrected chi connectivity index (χ4v) is 5.45. The van der Waals surface area contributed by atoms with E-state index in [9.17, 15) is 5.26 Å². The van der Waals surface area contributed by atoms with E-state index in [4.69, 9.17) is 4.98 Å². The molecule has 1 aliphatic carbocycles. The molecule has 1 aromatic heterocycles. The number of anilines is 1. The van der Waals surface area contributed by atoms with Crippen molar-refractivity contribution in [3.05, 3.63) is 83.6 Å². The first kappa shape index (κ1) is 19.1. The van der Waals surface area contributed by atoms with E-state index < -0.39 is 0 Å². The third-order valence-corrected chi connectivity index (χ3v) is 6.99. The molecule has 3 aromatic carbocycles. The normalized spacial score (nSPS) is 15.2. The lowest BCUT2D eigenvalue weighted by molar-refractivity contribution is 0.577. The van der Waals surface area contributed by atoms with Crippen LogP contribution >= 0.6 is 0 Å². The second-order valence-electron chi connectivity index (χ2n) is 8.87. The second kappa shape index (κ2) is 7.80. The summed E-state index contributed by atoms with van der Waals surface area (Å²) >= 11 is 0. The first-order chi connectivity index (χ1) is 15.8. The average Bonchev–Trinajstić information content (AvgIpc) is 2.87. The summed E-state index contributed by atoms with van der Waals surface area (Å²) in [5.74, 6) is 0. The zero-order chi connectivity index (χ0) is 21.5. The summed E-state index contributed by atoms with van der Waals surface area (Å²) in [7, 11) is 0. The molecule has 1 saturated heterocycles. The van der Waals surface area contributed by atoms with Gasteiger partial charge in [0, 0.05) is 35.3 Å². The number of nitrogens with zero attached hydrogens (tertiary/aromatic N) is 3. The third-order valence-electron chi connectivity index (χ3n) is 6.99. The van der Waals surface area contributed by atoms with Crippen molar-refractivity contribution < 1.29 is 0 Å². The molecular formula is C29H25N3. The van der Waals surface area contributed by atoms with Gasteiger partial charge in [-0.3, -0.25) is 4.98 Å². The Labute approximate surface area is 189 Å². The van der Waals surface area contributed by atoms with Crippen LogP contribution in [-0.4, -0.2) is 18.1 Å². The predicted octanol–water partition coefficient (Wildman–Crippen LogP) is 6.53. The van der Waals surface area contributed by atoms with Crippen molar-refractivity contribution in [1.29, 1.82) is 5.26 Å². The molecule has 0 amide bonds. The number of nitriles is 1. The van der Waals surface area contributed by atoms with Gasteiger partial charge < -0.3 is 4.90 Å². The van der Waals surface area contributed by atoms with Crippen molar-refractivity contribution in [2.45, 2.75) is 32.1 Å². The third kappa shape index (κ3) is 3.07. The van der Waals surface area contributed by atoms with Crippen LogP contribution in [0.1, 0.15) is 36.1 Å². The maximum absolute atomic E-state index is 10.4. The topological polar surface area (TPSA) is 39.9 Å². The van der Waals surface area contributed by atoms with Gasteiger partial charge in [-0.15, -0.1) is 0 Å². The number of piperidine rings is 1. The predicted molar refractivity (Wildman–Crippen MR) is 131 cm³/mol. The molecule has 2 heterocycles. The van der Waals surface area contributed by atoms with Crippen LogP contribution in [0.5, 0.6) is 0 Å². The van der Waals surface area contributed by atoms with Gasteiger partial charge in [0.25, 0.3) is 0 Å². The fourth-order valence-electron chi connectivity index (χ4n) is 5.45. The Morgan fingerprint density at radius 2 is 1.59 bits per heavy atom. The minimum Gasteiger partial charge on any atom is -0.370 e. The smallest absolute Gasteiger partial charge is 0.102 e. The molecule has 4 aromatic rings. The second-order valence-corrected chi connectivity index (χ2v) is 8.87. The highest BCUT2D eigenvalue weighted by Gasteiger charge is 2.28. The first-order valence-electron chi connectivity index (χ1n) is 11.6. The van der Waals surface area contributed by atoms with Crippen LogP contribution < -0.4 is 4.90 Å². The van der Waals surface area contributed by atoms with E-state index in [0.29, 0.717) is 0 Å². The first-order valence-corrected chi connectivity index (χ1v) is 11.6. The number of hydrogen-bond acceptors (Lipinski definition) is 3. The van der Waals surface area contributed by atoms with Crippen molar-refractivity contribution in [2.75, 3.05) is 18.0 Å². The highest BCUT2D eigenvalue weighted by atomic mass is 15.1. The van der Waals surface area contributed by atoms with E-state index in [1.165, 1.54) is 36.0 Å². The van der Waals surface area contributed by atoms with Gasteiger partial charge in [0.15, 0.2) is 0 Å². The van der Waals surface area contributed by atoms with Gasteiger partial charge in [-0.2, -0.15) is 5.26 Å². The fraction of sp³-hybridized carbons (Fsp3) is 0.241. The lowest BCUT2D eigenvalue weighted by Gasteiger charge is -2.33. The summed E-state index contributed by atoms with van der Waals surface area (Å²) in [5.41, 5.74) is 10.1. The summed E-state index contributed by atoms with van der Waals surface area (Å²) in [4.78, 5) is 7.44. The number of rotatable bonds is 2. The van der Waals surface area contributed by atoms with Crippen LogP contribution in [-0.2, 0) is 12.8 Å². The number of aromatic nitrogens is 1. The van der Waals surface area contributed by atoms with E-state index >= 15 is 0 Å². The average molecular weight is 416 g/mol. The molecule has 1 aliphatic heterocycles. The number of hydrogen-bond donors (Lipinski definition) is 0. The number of fused-ring (bicyclic) bond motifs is 4. The zero-order valence-electron chi connectivity index (χ0n) is 18.1. The molecule has 0 bridgehead atoms. The summed E-state index contributed by atoms with van der Waals surface area (Å²) < 4.78 is 0. The Hall–Kier alpha value is -3.64. The number of benzene rings is 3. The molecule has 0 radical (unpaired) electrons. The van der Waals surface area contributed by atoms with Crippen molar-refractivity contribution in [3.63, 3.8) is 0 Å². The number of aryl methyl sites for hydroxylation is 1. The molecule has 0 atom stereocenters. The van der Waals surface area contributed by atoms with Crippen LogP contribution in [0, 0.1) is 11.3 Å². The molecule has 0 saturated carbocycles. The van der Waals surface area contributed by atoms with E-state index in [1.807, 2.05) is 6.07 Å². The van der Waals surface area contributed by atoms with Crippen LogP contribution in [0.15, 0.2) is 66.7 Å². The molecule has 0 unspecified atom stereocenters. The van der Waals surface area contributed by atoms with Crippen LogP contribution in [0.3, 0.4) is 0 Å². The van der Waals surface area contributed by atoms with Gasteiger partial charge in [0.1, 0.15) is 6.07 Å². The minimum absolute atomic E-state index is 0.819. The van der Waals surface area contributed by atoms with Gasteiger partial charge in [-0.05, 0) is 67.0 Å². The maximum Gasteiger partial charge on any atom is 0.102 e. The molecule has 3 nitrogen and oxygen atoms in total. The van der Waals surface area contributed by atoms with Gasteiger partial charge in [-0.25, -0.2) is 0 Å². The van der Waals surface area contributed by atoms with E-state index in [2.05, 4.69) is 71.6 Å². The Balaban J connectivity index is 1.67. The SMILES string of the molecule is N#Cc1c(N2CCCCC2)cc(-c2ccccc2)c2c1-c1cc3ccccc3nc1CC2. The summed E-state index contributed by atoms with van der Waals surface area (Å²) in [5, 5.41) is 11.5. The molecule has 3 heteroatoms. The molecule has 156 valence electrons. The van der Waals surface area contributed by atoms with E-state index in [-0.39, 0.29) is 0 Å². The van der Waals surface area contributed by atoms with Crippen molar-refractivity contribution >= 4 is 16.6 Å². The lowest BCUT2D eigenvalue weighted by Crippen LogP contribution is -2.30. The highest BCUT2D eigenvalue weighted by Crippen LogP contribution is 2.45. The standard InChI is InChI=1S/C29H25N3/c30-19-25-28(32-15-7-2-8-16-32)18-23(20-9-3-1-4-10-20)22-13-14-27-24(29(22)25)17-21-11-5-6-12-26(21)31-27/h1,3-6,9-12,17-18H,2,7-8,13-16H2. The largest absolute Gasteiger partial charge is 0.370 e. The quantitative estimate of drug-likeness (QED) is 0.374. The Morgan fingerprint density at radius 3 is 2.41 bits per heavy atom. The molecule has 32 heavy (non-hydrogen) atoms. The van der Waals surface area contributed by atoms with E-state index in [1.54, 1.807) is 0 Å². The summed E-state index contributed by atoms with van der Waals surface area (Å²) in [6.45, 7) is 2.04. The Morgan fingerprint density at radius 1 is 0.812 bits per heavy atom.